The first-order chi connectivity index (χ1) is 35.0. The molecule has 1 unspecified atom stereocenters. The van der Waals surface area contributed by atoms with E-state index >= 15 is 0 Å². The zero-order valence-electron chi connectivity index (χ0n) is 45.4. The Kier molecular flexibility index (Phi) is 54.0. The van der Waals surface area contributed by atoms with Crippen LogP contribution in [0.15, 0.2) is 146 Å². The van der Waals surface area contributed by atoms with E-state index in [1.165, 1.54) is 51.4 Å². The number of carbonyl (C=O) groups excluding carboxylic acids is 3. The first-order valence-electron chi connectivity index (χ1n) is 28.3. The minimum Gasteiger partial charge on any atom is -0.462 e. The molecule has 0 radical (unpaired) electrons. The molecule has 0 aromatic rings. The molecule has 6 heteroatoms. The molecule has 0 fully saturated rings. The van der Waals surface area contributed by atoms with Crippen molar-refractivity contribution in [1.82, 2.24) is 0 Å². The van der Waals surface area contributed by atoms with Crippen LogP contribution in [0.25, 0.3) is 0 Å². The van der Waals surface area contributed by atoms with Crippen LogP contribution in [0.5, 0.6) is 0 Å². The first kappa shape index (κ1) is 66.3. The zero-order valence-corrected chi connectivity index (χ0v) is 45.4. The van der Waals surface area contributed by atoms with Crippen LogP contribution in [0, 0.1) is 0 Å². The van der Waals surface area contributed by atoms with E-state index in [9.17, 15) is 14.4 Å². The van der Waals surface area contributed by atoms with Crippen LogP contribution in [0.4, 0.5) is 0 Å². The lowest BCUT2D eigenvalue weighted by atomic mass is 10.1. The van der Waals surface area contributed by atoms with Crippen LogP contribution in [-0.2, 0) is 28.6 Å². The summed E-state index contributed by atoms with van der Waals surface area (Å²) in [7, 11) is 0. The van der Waals surface area contributed by atoms with Crippen LogP contribution in [0.2, 0.25) is 0 Å². The molecule has 0 aliphatic heterocycles. The topological polar surface area (TPSA) is 78.9 Å². The third-order valence-electron chi connectivity index (χ3n) is 11.3. The van der Waals surface area contributed by atoms with E-state index in [0.717, 1.165) is 128 Å². The van der Waals surface area contributed by atoms with Gasteiger partial charge in [0.05, 0.1) is 6.42 Å². The Labute approximate surface area is 436 Å². The Balaban J connectivity index is 4.55. The van der Waals surface area contributed by atoms with Gasteiger partial charge in [-0.1, -0.05) is 231 Å². The summed E-state index contributed by atoms with van der Waals surface area (Å²) >= 11 is 0. The predicted octanol–water partition coefficient (Wildman–Crippen LogP) is 19.2. The normalized spacial score (nSPS) is 13.2. The quantitative estimate of drug-likeness (QED) is 0.0262. The fourth-order valence-corrected chi connectivity index (χ4v) is 7.16. The maximum Gasteiger partial charge on any atom is 0.310 e. The molecule has 0 bridgehead atoms. The molecule has 0 aromatic carbocycles. The average Bonchev–Trinajstić information content (AvgIpc) is 3.37. The maximum atomic E-state index is 12.8. The average molecular weight is 980 g/mol. The predicted molar refractivity (Wildman–Crippen MR) is 306 cm³/mol. The van der Waals surface area contributed by atoms with Crippen LogP contribution < -0.4 is 0 Å². The molecule has 0 spiro atoms. The largest absolute Gasteiger partial charge is 0.462 e. The van der Waals surface area contributed by atoms with Crippen molar-refractivity contribution in [3.8, 4) is 0 Å². The van der Waals surface area contributed by atoms with Gasteiger partial charge >= 0.3 is 17.9 Å². The van der Waals surface area contributed by atoms with E-state index in [4.69, 9.17) is 14.2 Å². The van der Waals surface area contributed by atoms with Gasteiger partial charge in [-0.3, -0.25) is 14.4 Å². The fourth-order valence-electron chi connectivity index (χ4n) is 7.16. The van der Waals surface area contributed by atoms with Gasteiger partial charge in [-0.15, -0.1) is 0 Å². The third-order valence-corrected chi connectivity index (χ3v) is 11.3. The molecular formula is C65H102O6. The number of esters is 3. The standard InChI is InChI=1S/C65H102O6/c1-4-7-10-13-16-19-22-25-28-29-30-31-32-33-34-35-38-40-43-46-49-52-55-58-64(67)70-61-62(71-65(68)59-56-53-50-47-44-41-37-27-24-21-18-15-12-9-6-3)60-69-63(66)57-54-51-48-45-42-39-36-26-23-20-17-14-11-8-5-2/h7,9-10,12,16,18-19,21,25-28,30-31,33-34,36-38,40,44,47,53,56,62H,4-6,8,11,13-15,17,20,22-24,29,32,35,39,41-43,45-46,48-52,54-55,57-61H2,1-3H3/b10-7-,12-9-,19-16-,21-18-,28-25-,31-30-,34-33-,36-26-,37-27-,40-38-,47-44-,56-53-. The third kappa shape index (κ3) is 56.1. The molecule has 6 nitrogen and oxygen atoms in total. The SMILES string of the molecule is CC/C=C\C/C=C\C/C=C\C/C=C\C/C=C\C/C=C\CCCCCCC(=O)OCC(COC(=O)CCCCCCC/C=C\CCCCCCCC)OC(=O)C/C=C\C/C=C\C/C=C\C/C=C\C/C=C\CC. The van der Waals surface area contributed by atoms with Crippen molar-refractivity contribution < 1.29 is 28.6 Å². The Hall–Kier alpha value is -4.71. The van der Waals surface area contributed by atoms with Crippen LogP contribution in [0.1, 0.15) is 226 Å². The summed E-state index contributed by atoms with van der Waals surface area (Å²) in [6.45, 7) is 6.28. The minimum absolute atomic E-state index is 0.0827. The van der Waals surface area contributed by atoms with Crippen molar-refractivity contribution in [1.29, 1.82) is 0 Å². The summed E-state index contributed by atoms with van der Waals surface area (Å²) in [6.07, 6.45) is 82.9. The van der Waals surface area contributed by atoms with Gasteiger partial charge in [0, 0.05) is 12.8 Å². The number of ether oxygens (including phenoxy) is 3. The highest BCUT2D eigenvalue weighted by molar-refractivity contribution is 5.72. The highest BCUT2D eigenvalue weighted by atomic mass is 16.6. The Morgan fingerprint density at radius 3 is 0.944 bits per heavy atom. The van der Waals surface area contributed by atoms with Gasteiger partial charge in [-0.25, -0.2) is 0 Å². The molecule has 0 rings (SSSR count). The molecule has 0 aromatic heterocycles. The summed E-state index contributed by atoms with van der Waals surface area (Å²) in [5.74, 6) is -1.11. The second-order valence-corrected chi connectivity index (χ2v) is 18.1. The van der Waals surface area contributed by atoms with Crippen molar-refractivity contribution in [2.24, 2.45) is 0 Å². The summed E-state index contributed by atoms with van der Waals surface area (Å²) < 4.78 is 16.7. The molecule has 0 aliphatic rings. The number of hydrogen-bond donors (Lipinski definition) is 0. The Morgan fingerprint density at radius 2 is 0.592 bits per heavy atom. The van der Waals surface area contributed by atoms with Crippen molar-refractivity contribution in [3.05, 3.63) is 146 Å². The highest BCUT2D eigenvalue weighted by Gasteiger charge is 2.19. The lowest BCUT2D eigenvalue weighted by molar-refractivity contribution is -0.166. The monoisotopic (exact) mass is 979 g/mol. The Morgan fingerprint density at radius 1 is 0.310 bits per heavy atom. The first-order valence-corrected chi connectivity index (χ1v) is 28.3. The van der Waals surface area contributed by atoms with E-state index in [1.54, 1.807) is 6.08 Å². The van der Waals surface area contributed by atoms with Gasteiger partial charge in [0.25, 0.3) is 0 Å². The van der Waals surface area contributed by atoms with E-state index in [0.29, 0.717) is 19.3 Å². The number of unbranched alkanes of at least 4 members (excludes halogenated alkanes) is 15. The molecule has 0 N–H and O–H groups in total. The number of rotatable bonds is 49. The second-order valence-electron chi connectivity index (χ2n) is 18.1. The lowest BCUT2D eigenvalue weighted by Crippen LogP contribution is -2.30. The van der Waals surface area contributed by atoms with Crippen LogP contribution in [-0.4, -0.2) is 37.2 Å². The summed E-state index contributed by atoms with van der Waals surface area (Å²) in [4.78, 5) is 38.1. The molecule has 71 heavy (non-hydrogen) atoms. The molecule has 0 saturated heterocycles. The van der Waals surface area contributed by atoms with Crippen LogP contribution >= 0.6 is 0 Å². The molecule has 0 saturated carbocycles. The maximum absolute atomic E-state index is 12.8. The summed E-state index contributed by atoms with van der Waals surface area (Å²) in [5.41, 5.74) is 0. The van der Waals surface area contributed by atoms with E-state index in [1.807, 2.05) is 6.08 Å². The van der Waals surface area contributed by atoms with Gasteiger partial charge in [0.2, 0.25) is 0 Å². The molecule has 0 heterocycles. The molecule has 0 aliphatic carbocycles. The fraction of sp³-hybridized carbons (Fsp3) is 0.585. The molecule has 0 amide bonds. The summed E-state index contributed by atoms with van der Waals surface area (Å²) in [5, 5.41) is 0. The smallest absolute Gasteiger partial charge is 0.310 e. The van der Waals surface area contributed by atoms with E-state index in [2.05, 4.69) is 154 Å². The van der Waals surface area contributed by atoms with Gasteiger partial charge in [-0.05, 0) is 122 Å². The van der Waals surface area contributed by atoms with Gasteiger partial charge < -0.3 is 14.2 Å². The van der Waals surface area contributed by atoms with Gasteiger partial charge in [0.15, 0.2) is 6.10 Å². The molecular weight excluding hydrogens is 877 g/mol. The van der Waals surface area contributed by atoms with Crippen molar-refractivity contribution in [2.45, 2.75) is 232 Å². The highest BCUT2D eigenvalue weighted by Crippen LogP contribution is 2.12. The van der Waals surface area contributed by atoms with Crippen molar-refractivity contribution in [2.75, 3.05) is 13.2 Å². The van der Waals surface area contributed by atoms with Gasteiger partial charge in [0.1, 0.15) is 13.2 Å². The lowest BCUT2D eigenvalue weighted by Gasteiger charge is -2.18. The number of hydrogen-bond acceptors (Lipinski definition) is 6. The number of allylic oxidation sites excluding steroid dienone is 23. The van der Waals surface area contributed by atoms with Crippen molar-refractivity contribution >= 4 is 17.9 Å². The van der Waals surface area contributed by atoms with Crippen LogP contribution in [0.3, 0.4) is 0 Å². The second kappa shape index (κ2) is 57.9. The van der Waals surface area contributed by atoms with E-state index < -0.39 is 12.1 Å². The number of carbonyl (C=O) groups is 3. The summed E-state index contributed by atoms with van der Waals surface area (Å²) in [6, 6.07) is 0. The van der Waals surface area contributed by atoms with Crippen molar-refractivity contribution in [3.63, 3.8) is 0 Å². The van der Waals surface area contributed by atoms with Gasteiger partial charge in [-0.2, -0.15) is 0 Å². The van der Waals surface area contributed by atoms with E-state index in [-0.39, 0.29) is 31.6 Å². The molecule has 398 valence electrons. The Bertz CT molecular complexity index is 1590. The minimum atomic E-state index is -0.853. The molecule has 1 atom stereocenters. The zero-order chi connectivity index (χ0) is 51.4.